The third-order valence-corrected chi connectivity index (χ3v) is 5.38. The van der Waals surface area contributed by atoms with Crippen molar-refractivity contribution in [3.05, 3.63) is 66.0 Å². The van der Waals surface area contributed by atoms with Gasteiger partial charge >= 0.3 is 0 Å². The number of carbonyl (C=O) groups excluding carboxylic acids is 1. The van der Waals surface area contributed by atoms with Gasteiger partial charge < -0.3 is 5.32 Å². The number of sulfonamides is 1. The van der Waals surface area contributed by atoms with Crippen molar-refractivity contribution in [2.24, 2.45) is 0 Å². The standard InChI is InChI=1S/C20H25FN2O3S/c1-3-19(23(27(2,25)26)18-9-5-4-6-10-18)20(24)22-15-7-8-16-11-13-17(21)14-12-16/h4-6,9-14,19H,3,7-8,15H2,1-2H3,(H,22,24)/t19-/m0/s1. The molecule has 2 aromatic carbocycles. The zero-order chi connectivity index (χ0) is 19.9. The summed E-state index contributed by atoms with van der Waals surface area (Å²) < 4.78 is 38.7. The number of carbonyl (C=O) groups is 1. The highest BCUT2D eigenvalue weighted by Gasteiger charge is 2.31. The number of hydrogen-bond donors (Lipinski definition) is 1. The van der Waals surface area contributed by atoms with Crippen molar-refractivity contribution >= 4 is 21.6 Å². The second kappa shape index (κ2) is 9.50. The molecule has 0 aliphatic heterocycles. The van der Waals surface area contributed by atoms with Crippen LogP contribution in [0.5, 0.6) is 0 Å². The van der Waals surface area contributed by atoms with E-state index in [0.717, 1.165) is 11.8 Å². The molecule has 0 unspecified atom stereocenters. The first-order valence-corrected chi connectivity index (χ1v) is 10.7. The van der Waals surface area contributed by atoms with Crippen LogP contribution >= 0.6 is 0 Å². The minimum absolute atomic E-state index is 0.278. The van der Waals surface area contributed by atoms with E-state index in [2.05, 4.69) is 5.32 Å². The van der Waals surface area contributed by atoms with E-state index in [4.69, 9.17) is 0 Å². The Hall–Kier alpha value is -2.41. The fraction of sp³-hybridized carbons (Fsp3) is 0.350. The molecule has 0 radical (unpaired) electrons. The number of hydrogen-bond acceptors (Lipinski definition) is 3. The molecular weight excluding hydrogens is 367 g/mol. The Balaban J connectivity index is 1.99. The molecular formula is C20H25FN2O3S. The van der Waals surface area contributed by atoms with Crippen molar-refractivity contribution in [3.63, 3.8) is 0 Å². The molecule has 1 atom stereocenters. The van der Waals surface area contributed by atoms with Gasteiger partial charge in [0.25, 0.3) is 0 Å². The van der Waals surface area contributed by atoms with Crippen molar-refractivity contribution < 1.29 is 17.6 Å². The topological polar surface area (TPSA) is 66.5 Å². The molecule has 146 valence electrons. The zero-order valence-electron chi connectivity index (χ0n) is 15.6. The van der Waals surface area contributed by atoms with Crippen LogP contribution in [-0.2, 0) is 21.2 Å². The molecule has 0 spiro atoms. The van der Waals surface area contributed by atoms with Crippen molar-refractivity contribution in [3.8, 4) is 0 Å². The van der Waals surface area contributed by atoms with Crippen LogP contribution < -0.4 is 9.62 Å². The van der Waals surface area contributed by atoms with Crippen molar-refractivity contribution in [2.75, 3.05) is 17.1 Å². The Morgan fingerprint density at radius 1 is 1.11 bits per heavy atom. The van der Waals surface area contributed by atoms with Gasteiger partial charge in [-0.05, 0) is 49.1 Å². The van der Waals surface area contributed by atoms with Crippen molar-refractivity contribution in [2.45, 2.75) is 32.2 Å². The minimum Gasteiger partial charge on any atom is -0.354 e. The number of amides is 1. The van der Waals surface area contributed by atoms with E-state index in [9.17, 15) is 17.6 Å². The molecule has 0 heterocycles. The van der Waals surface area contributed by atoms with Gasteiger partial charge in [0.1, 0.15) is 11.9 Å². The molecule has 0 fully saturated rings. The van der Waals surface area contributed by atoms with E-state index in [1.54, 1.807) is 49.4 Å². The van der Waals surface area contributed by atoms with Crippen LogP contribution in [0.15, 0.2) is 54.6 Å². The highest BCUT2D eigenvalue weighted by molar-refractivity contribution is 7.92. The number of rotatable bonds is 9. The maximum absolute atomic E-state index is 12.9. The predicted octanol–water partition coefficient (Wildman–Crippen LogP) is 3.12. The third-order valence-electron chi connectivity index (χ3n) is 4.20. The van der Waals surface area contributed by atoms with Crippen LogP contribution in [0.2, 0.25) is 0 Å². The first-order chi connectivity index (χ1) is 12.8. The molecule has 0 bridgehead atoms. The van der Waals surface area contributed by atoms with Gasteiger partial charge in [-0.25, -0.2) is 12.8 Å². The number of para-hydroxylation sites is 1. The normalized spacial score (nSPS) is 12.4. The minimum atomic E-state index is -3.61. The number of aryl methyl sites for hydroxylation is 1. The second-order valence-corrected chi connectivity index (χ2v) is 8.20. The van der Waals surface area contributed by atoms with Crippen LogP contribution in [0.1, 0.15) is 25.3 Å². The fourth-order valence-electron chi connectivity index (χ4n) is 2.91. The Kier molecular flexibility index (Phi) is 7.36. The van der Waals surface area contributed by atoms with Crippen LogP contribution in [0.25, 0.3) is 0 Å². The van der Waals surface area contributed by atoms with Gasteiger partial charge in [0.05, 0.1) is 11.9 Å². The van der Waals surface area contributed by atoms with Crippen LogP contribution in [0.3, 0.4) is 0 Å². The lowest BCUT2D eigenvalue weighted by molar-refractivity contribution is -0.122. The molecule has 1 amide bonds. The molecule has 1 N–H and O–H groups in total. The van der Waals surface area contributed by atoms with Gasteiger partial charge in [-0.2, -0.15) is 0 Å². The quantitative estimate of drug-likeness (QED) is 0.667. The molecule has 0 saturated carbocycles. The Morgan fingerprint density at radius 3 is 2.30 bits per heavy atom. The van der Waals surface area contributed by atoms with E-state index < -0.39 is 16.1 Å². The molecule has 0 aliphatic rings. The largest absolute Gasteiger partial charge is 0.354 e. The first-order valence-electron chi connectivity index (χ1n) is 8.89. The lowest BCUT2D eigenvalue weighted by Gasteiger charge is -2.30. The summed E-state index contributed by atoms with van der Waals surface area (Å²) in [5.41, 5.74) is 1.45. The number of benzene rings is 2. The SMILES string of the molecule is CC[C@@H](C(=O)NCCCc1ccc(F)cc1)N(c1ccccc1)S(C)(=O)=O. The maximum atomic E-state index is 12.9. The summed E-state index contributed by atoms with van der Waals surface area (Å²) in [4.78, 5) is 12.6. The Labute approximate surface area is 160 Å². The summed E-state index contributed by atoms with van der Waals surface area (Å²) in [6.07, 6.45) is 2.83. The maximum Gasteiger partial charge on any atom is 0.243 e. The summed E-state index contributed by atoms with van der Waals surface area (Å²) in [5, 5.41) is 2.82. The van der Waals surface area contributed by atoms with Gasteiger partial charge in [0.2, 0.25) is 15.9 Å². The lowest BCUT2D eigenvalue weighted by Crippen LogP contribution is -2.49. The Bertz CT molecular complexity index is 839. The summed E-state index contributed by atoms with van der Waals surface area (Å²) in [5.74, 6) is -0.606. The van der Waals surface area contributed by atoms with E-state index in [0.29, 0.717) is 31.5 Å². The third kappa shape index (κ3) is 6.06. The number of nitrogens with one attached hydrogen (secondary N) is 1. The van der Waals surface area contributed by atoms with E-state index in [1.165, 1.54) is 16.4 Å². The monoisotopic (exact) mass is 392 g/mol. The number of anilines is 1. The summed E-state index contributed by atoms with van der Waals surface area (Å²) in [7, 11) is -3.61. The van der Waals surface area contributed by atoms with Crippen LogP contribution in [0, 0.1) is 5.82 Å². The number of halogens is 1. The molecule has 27 heavy (non-hydrogen) atoms. The predicted molar refractivity (Wildman–Crippen MR) is 106 cm³/mol. The van der Waals surface area contributed by atoms with E-state index in [-0.39, 0.29) is 11.7 Å². The molecule has 5 nitrogen and oxygen atoms in total. The average Bonchev–Trinajstić information content (AvgIpc) is 2.64. The molecule has 0 aromatic heterocycles. The average molecular weight is 392 g/mol. The highest BCUT2D eigenvalue weighted by atomic mass is 32.2. The first kappa shape index (κ1) is 20.9. The van der Waals surface area contributed by atoms with Crippen molar-refractivity contribution in [1.82, 2.24) is 5.32 Å². The summed E-state index contributed by atoms with van der Waals surface area (Å²) in [6.45, 7) is 2.20. The summed E-state index contributed by atoms with van der Waals surface area (Å²) in [6, 6.07) is 14.0. The van der Waals surface area contributed by atoms with Crippen molar-refractivity contribution in [1.29, 1.82) is 0 Å². The molecule has 2 rings (SSSR count). The van der Waals surface area contributed by atoms with Gasteiger partial charge in [-0.3, -0.25) is 9.10 Å². The lowest BCUT2D eigenvalue weighted by atomic mass is 10.1. The molecule has 0 aliphatic carbocycles. The molecule has 0 saturated heterocycles. The van der Waals surface area contributed by atoms with Gasteiger partial charge in [0, 0.05) is 6.54 Å². The fourth-order valence-corrected chi connectivity index (χ4v) is 4.12. The Morgan fingerprint density at radius 2 is 1.74 bits per heavy atom. The molecule has 2 aromatic rings. The van der Waals surface area contributed by atoms with Crippen LogP contribution in [0.4, 0.5) is 10.1 Å². The van der Waals surface area contributed by atoms with Gasteiger partial charge in [-0.1, -0.05) is 37.3 Å². The smallest absolute Gasteiger partial charge is 0.243 e. The molecule has 7 heteroatoms. The number of nitrogens with zero attached hydrogens (tertiary/aromatic N) is 1. The zero-order valence-corrected chi connectivity index (χ0v) is 16.4. The van der Waals surface area contributed by atoms with E-state index >= 15 is 0 Å². The van der Waals surface area contributed by atoms with Gasteiger partial charge in [-0.15, -0.1) is 0 Å². The van der Waals surface area contributed by atoms with Gasteiger partial charge in [0.15, 0.2) is 0 Å². The highest BCUT2D eigenvalue weighted by Crippen LogP contribution is 2.22. The second-order valence-electron chi connectivity index (χ2n) is 6.34. The van der Waals surface area contributed by atoms with Crippen LogP contribution in [-0.4, -0.2) is 33.2 Å². The summed E-state index contributed by atoms with van der Waals surface area (Å²) >= 11 is 0. The van der Waals surface area contributed by atoms with E-state index in [1.807, 2.05) is 0 Å².